The van der Waals surface area contributed by atoms with Gasteiger partial charge in [0.1, 0.15) is 13.2 Å². The molecule has 0 bridgehead atoms. The van der Waals surface area contributed by atoms with Crippen LogP contribution in [0.3, 0.4) is 0 Å². The number of carbonyl (C=O) groups excluding carboxylic acids is 1. The van der Waals surface area contributed by atoms with E-state index in [0.29, 0.717) is 43.4 Å². The summed E-state index contributed by atoms with van der Waals surface area (Å²) in [6.07, 6.45) is 2.45. The molecule has 0 aliphatic rings. The summed E-state index contributed by atoms with van der Waals surface area (Å²) in [4.78, 5) is 21.7. The van der Waals surface area contributed by atoms with Crippen molar-refractivity contribution in [3.05, 3.63) is 120 Å². The normalized spacial score (nSPS) is 10.5. The number of nitrogens with zero attached hydrogens (tertiary/aromatic N) is 2. The first-order chi connectivity index (χ1) is 15.8. The Bertz CT molecular complexity index is 1150. The summed E-state index contributed by atoms with van der Waals surface area (Å²) in [7, 11) is 0. The lowest BCUT2D eigenvalue weighted by Crippen LogP contribution is -2.07. The third-order valence-electron chi connectivity index (χ3n) is 4.91. The summed E-state index contributed by atoms with van der Waals surface area (Å²) >= 11 is 0. The second-order valence-electron chi connectivity index (χ2n) is 7.30. The maximum Gasteiger partial charge on any atom is 0.224 e. The van der Waals surface area contributed by atoms with E-state index in [-0.39, 0.29) is 5.78 Å². The molecular weight excluding hydrogens is 400 g/mol. The van der Waals surface area contributed by atoms with Crippen LogP contribution in [0.1, 0.15) is 33.6 Å². The maximum absolute atomic E-state index is 12.9. The summed E-state index contributed by atoms with van der Waals surface area (Å²) in [5.74, 6) is 0.875. The number of hydrogen-bond donors (Lipinski definition) is 0. The van der Waals surface area contributed by atoms with Crippen LogP contribution >= 0.6 is 0 Å². The van der Waals surface area contributed by atoms with Gasteiger partial charge in [0.05, 0.1) is 5.56 Å². The van der Waals surface area contributed by atoms with Crippen molar-refractivity contribution in [1.29, 1.82) is 0 Å². The molecule has 0 aliphatic heterocycles. The van der Waals surface area contributed by atoms with Gasteiger partial charge >= 0.3 is 0 Å². The van der Waals surface area contributed by atoms with Crippen LogP contribution in [0.25, 0.3) is 0 Å². The number of hydrogen-bond acceptors (Lipinski definition) is 5. The minimum absolute atomic E-state index is 0.0291. The molecule has 0 amide bonds. The number of pyridine rings is 2. The number of ether oxygens (including phenoxy) is 2. The van der Waals surface area contributed by atoms with Crippen molar-refractivity contribution in [1.82, 2.24) is 9.97 Å². The van der Waals surface area contributed by atoms with E-state index in [1.54, 1.807) is 18.3 Å². The van der Waals surface area contributed by atoms with Crippen molar-refractivity contribution in [2.24, 2.45) is 0 Å². The molecule has 0 spiro atoms. The molecular formula is C27H24N2O3. The number of carbonyl (C=O) groups is 1. The van der Waals surface area contributed by atoms with E-state index in [4.69, 9.17) is 9.47 Å². The Morgan fingerprint density at radius 3 is 2.12 bits per heavy atom. The predicted molar refractivity (Wildman–Crippen MR) is 123 cm³/mol. The number of benzene rings is 2. The van der Waals surface area contributed by atoms with Gasteiger partial charge in [0, 0.05) is 24.4 Å². The molecule has 0 aliphatic carbocycles. The Labute approximate surface area is 187 Å². The highest BCUT2D eigenvalue weighted by molar-refractivity contribution is 5.98. The molecule has 0 radical (unpaired) electrons. The highest BCUT2D eigenvalue weighted by Gasteiger charge is 2.14. The Kier molecular flexibility index (Phi) is 7.21. The lowest BCUT2D eigenvalue weighted by Gasteiger charge is -2.10. The molecule has 0 atom stereocenters. The molecule has 2 heterocycles. The average molecular weight is 425 g/mol. The van der Waals surface area contributed by atoms with Gasteiger partial charge in [0.2, 0.25) is 11.8 Å². The number of aromatic nitrogens is 2. The zero-order chi connectivity index (χ0) is 22.0. The molecule has 2 aromatic carbocycles. The van der Waals surface area contributed by atoms with Crippen LogP contribution in [0.4, 0.5) is 0 Å². The Hall–Kier alpha value is -3.99. The molecule has 160 valence electrons. The van der Waals surface area contributed by atoms with Crippen LogP contribution in [0, 0.1) is 0 Å². The third kappa shape index (κ3) is 6.01. The van der Waals surface area contributed by atoms with E-state index in [2.05, 4.69) is 9.97 Å². The number of rotatable bonds is 10. The standard InChI is InChI=1S/C27H24N2O3/c30-25(24-14-8-18-28-27(24)32-20-22-11-5-2-6-12-22)17-16-23-13-7-15-26(29-23)31-19-21-9-3-1-4-10-21/h1-15,18H,16-17,19-20H2. The van der Waals surface area contributed by atoms with Gasteiger partial charge in [-0.05, 0) is 35.7 Å². The summed E-state index contributed by atoms with van der Waals surface area (Å²) < 4.78 is 11.6. The van der Waals surface area contributed by atoms with E-state index >= 15 is 0 Å². The fourth-order valence-electron chi connectivity index (χ4n) is 3.23. The fraction of sp³-hybridized carbons (Fsp3) is 0.148. The van der Waals surface area contributed by atoms with Crippen LogP contribution in [-0.2, 0) is 19.6 Å². The largest absolute Gasteiger partial charge is 0.473 e. The highest BCUT2D eigenvalue weighted by atomic mass is 16.5. The lowest BCUT2D eigenvalue weighted by molar-refractivity contribution is 0.0977. The second kappa shape index (κ2) is 10.9. The predicted octanol–water partition coefficient (Wildman–Crippen LogP) is 5.45. The van der Waals surface area contributed by atoms with Crippen molar-refractivity contribution in [3.63, 3.8) is 0 Å². The molecule has 0 saturated heterocycles. The molecule has 0 N–H and O–H groups in total. The lowest BCUT2D eigenvalue weighted by atomic mass is 10.1. The van der Waals surface area contributed by atoms with Gasteiger partial charge in [-0.25, -0.2) is 9.97 Å². The van der Waals surface area contributed by atoms with Crippen LogP contribution in [0.5, 0.6) is 11.8 Å². The summed E-state index contributed by atoms with van der Waals surface area (Å²) in [6, 6.07) is 28.9. The zero-order valence-corrected chi connectivity index (χ0v) is 17.7. The van der Waals surface area contributed by atoms with Crippen LogP contribution in [0.2, 0.25) is 0 Å². The molecule has 32 heavy (non-hydrogen) atoms. The van der Waals surface area contributed by atoms with Gasteiger partial charge in [-0.1, -0.05) is 66.7 Å². The number of ketones is 1. The Morgan fingerprint density at radius 1 is 0.719 bits per heavy atom. The molecule has 0 fully saturated rings. The summed E-state index contributed by atoms with van der Waals surface area (Å²) in [5, 5.41) is 0. The van der Waals surface area contributed by atoms with Gasteiger partial charge in [-0.2, -0.15) is 0 Å². The maximum atomic E-state index is 12.9. The van der Waals surface area contributed by atoms with Crippen molar-refractivity contribution in [2.75, 3.05) is 0 Å². The molecule has 0 unspecified atom stereocenters. The topological polar surface area (TPSA) is 61.3 Å². The van der Waals surface area contributed by atoms with E-state index in [9.17, 15) is 4.79 Å². The van der Waals surface area contributed by atoms with Gasteiger partial charge in [0.15, 0.2) is 5.78 Å². The average Bonchev–Trinajstić information content (AvgIpc) is 2.86. The molecule has 4 aromatic rings. The van der Waals surface area contributed by atoms with Crippen LogP contribution < -0.4 is 9.47 Å². The second-order valence-corrected chi connectivity index (χ2v) is 7.30. The smallest absolute Gasteiger partial charge is 0.224 e. The minimum Gasteiger partial charge on any atom is -0.473 e. The Balaban J connectivity index is 1.35. The number of Topliss-reactive ketones (excluding diaryl/α,β-unsaturated/α-hetero) is 1. The minimum atomic E-state index is -0.0291. The van der Waals surface area contributed by atoms with Gasteiger partial charge in [-0.15, -0.1) is 0 Å². The monoisotopic (exact) mass is 424 g/mol. The first-order valence-corrected chi connectivity index (χ1v) is 10.6. The van der Waals surface area contributed by atoms with Crippen molar-refractivity contribution < 1.29 is 14.3 Å². The molecule has 5 nitrogen and oxygen atoms in total. The zero-order valence-electron chi connectivity index (χ0n) is 17.7. The SMILES string of the molecule is O=C(CCc1cccc(OCc2ccccc2)n1)c1cccnc1OCc1ccccc1. The van der Waals surface area contributed by atoms with Crippen LogP contribution in [0.15, 0.2) is 97.2 Å². The first kappa shape index (κ1) is 21.2. The highest BCUT2D eigenvalue weighted by Crippen LogP contribution is 2.19. The van der Waals surface area contributed by atoms with E-state index < -0.39 is 0 Å². The Morgan fingerprint density at radius 2 is 1.41 bits per heavy atom. The molecule has 2 aromatic heterocycles. The van der Waals surface area contributed by atoms with E-state index in [0.717, 1.165) is 16.8 Å². The summed E-state index contributed by atoms with van der Waals surface area (Å²) in [5.41, 5.74) is 3.39. The van der Waals surface area contributed by atoms with Gasteiger partial charge < -0.3 is 9.47 Å². The number of aryl methyl sites for hydroxylation is 1. The van der Waals surface area contributed by atoms with Gasteiger partial charge in [0.25, 0.3) is 0 Å². The van der Waals surface area contributed by atoms with E-state index in [1.165, 1.54) is 0 Å². The van der Waals surface area contributed by atoms with E-state index in [1.807, 2.05) is 78.9 Å². The van der Waals surface area contributed by atoms with Crippen molar-refractivity contribution in [3.8, 4) is 11.8 Å². The van der Waals surface area contributed by atoms with Gasteiger partial charge in [-0.3, -0.25) is 4.79 Å². The molecule has 5 heteroatoms. The molecule has 0 saturated carbocycles. The molecule has 4 rings (SSSR count). The van der Waals surface area contributed by atoms with Crippen LogP contribution in [-0.4, -0.2) is 15.8 Å². The fourth-order valence-corrected chi connectivity index (χ4v) is 3.23. The quantitative estimate of drug-likeness (QED) is 0.317. The third-order valence-corrected chi connectivity index (χ3v) is 4.91. The summed E-state index contributed by atoms with van der Waals surface area (Å²) in [6.45, 7) is 0.814. The first-order valence-electron chi connectivity index (χ1n) is 10.6. The van der Waals surface area contributed by atoms with Crippen molar-refractivity contribution in [2.45, 2.75) is 26.1 Å². The van der Waals surface area contributed by atoms with Crippen molar-refractivity contribution >= 4 is 5.78 Å².